The van der Waals surface area contributed by atoms with Crippen molar-refractivity contribution in [2.45, 2.75) is 128 Å². The van der Waals surface area contributed by atoms with E-state index >= 15 is 0 Å². The minimum atomic E-state index is -0.950. The molecule has 0 unspecified atom stereocenters. The zero-order valence-electron chi connectivity index (χ0n) is 25.6. The molecular weight excluding hydrogens is 520 g/mol. The molecule has 0 aliphatic carbocycles. The van der Waals surface area contributed by atoms with E-state index in [0.29, 0.717) is 25.7 Å². The molecule has 0 saturated carbocycles. The number of benzene rings is 2. The summed E-state index contributed by atoms with van der Waals surface area (Å²) < 4.78 is 10.4. The van der Waals surface area contributed by atoms with Gasteiger partial charge in [0.05, 0.1) is 12.2 Å². The van der Waals surface area contributed by atoms with Crippen LogP contribution in [-0.2, 0) is 38.5 Å². The zero-order chi connectivity index (χ0) is 30.6. The first-order valence-electron chi connectivity index (χ1n) is 13.6. The molecule has 0 fully saturated rings. The van der Waals surface area contributed by atoms with Crippen molar-refractivity contribution in [3.63, 3.8) is 0 Å². The van der Waals surface area contributed by atoms with E-state index in [2.05, 4.69) is 0 Å². The van der Waals surface area contributed by atoms with E-state index in [1.54, 1.807) is 12.1 Å². The van der Waals surface area contributed by atoms with Crippen molar-refractivity contribution < 1.29 is 34.1 Å². The third-order valence-electron chi connectivity index (χ3n) is 4.48. The highest BCUT2D eigenvalue weighted by atomic mass is 16.6. The molecule has 0 spiro atoms. The quantitative estimate of drug-likeness (QED) is 0.302. The smallest absolute Gasteiger partial charge is 0.335 e. The van der Waals surface area contributed by atoms with Crippen LogP contribution < -0.4 is 0 Å². The van der Waals surface area contributed by atoms with Gasteiger partial charge in [-0.1, -0.05) is 78.9 Å². The molecule has 0 radical (unpaired) electrons. The number of esters is 2. The molecule has 0 aliphatic heterocycles. The van der Waals surface area contributed by atoms with Crippen LogP contribution in [0.2, 0.25) is 0 Å². The van der Waals surface area contributed by atoms with E-state index in [4.69, 9.17) is 19.7 Å². The Morgan fingerprint density at radius 1 is 0.610 bits per heavy atom. The highest BCUT2D eigenvalue weighted by Gasteiger charge is 2.16. The molecule has 0 amide bonds. The van der Waals surface area contributed by atoms with Crippen molar-refractivity contribution >= 4 is 17.9 Å². The minimum absolute atomic E-state index is 0. The molecule has 2 rings (SSSR count). The minimum Gasteiger partial charge on any atom is -0.478 e. The third kappa shape index (κ3) is 24.3. The number of rotatable bonds is 8. The Morgan fingerprint density at radius 2 is 0.902 bits per heavy atom. The average Bonchev–Trinajstić information content (AvgIpc) is 2.87. The Hall–Kier alpha value is -3.19. The summed E-state index contributed by atoms with van der Waals surface area (Å²) in [5.74, 6) is -1.37. The van der Waals surface area contributed by atoms with Crippen molar-refractivity contribution in [1.29, 1.82) is 0 Å². The lowest BCUT2D eigenvalue weighted by Crippen LogP contribution is -2.24. The molecule has 7 heteroatoms. The molecule has 0 saturated heterocycles. The van der Waals surface area contributed by atoms with Crippen molar-refractivity contribution in [2.75, 3.05) is 0 Å². The van der Waals surface area contributed by atoms with Crippen LogP contribution in [0.25, 0.3) is 0 Å². The van der Waals surface area contributed by atoms with Gasteiger partial charge in [0.2, 0.25) is 0 Å². The fourth-order valence-corrected chi connectivity index (χ4v) is 2.90. The number of hydrogen-bond donors (Lipinski definition) is 2. The first-order chi connectivity index (χ1) is 18.2. The fourth-order valence-electron chi connectivity index (χ4n) is 2.90. The lowest BCUT2D eigenvalue weighted by Gasteiger charge is -2.19. The number of carboxylic acid groups (broad SMARTS) is 1. The maximum atomic E-state index is 11.5. The van der Waals surface area contributed by atoms with Gasteiger partial charge in [-0.15, -0.1) is 0 Å². The second kappa shape index (κ2) is 23.5. The maximum Gasteiger partial charge on any atom is 0.335 e. The summed E-state index contributed by atoms with van der Waals surface area (Å²) in [5, 5.41) is 17.6. The topological polar surface area (TPSA) is 110 Å². The summed E-state index contributed by atoms with van der Waals surface area (Å²) in [6, 6.07) is 14.1. The van der Waals surface area contributed by atoms with Crippen LogP contribution in [0.4, 0.5) is 0 Å². The van der Waals surface area contributed by atoms with Gasteiger partial charge in [-0.3, -0.25) is 9.59 Å². The molecule has 0 aliphatic rings. The van der Waals surface area contributed by atoms with Crippen LogP contribution in [-0.4, -0.2) is 39.3 Å². The van der Waals surface area contributed by atoms with Crippen LogP contribution in [0.5, 0.6) is 0 Å². The molecular formula is C34H58O7. The van der Waals surface area contributed by atoms with Crippen LogP contribution in [0, 0.1) is 0 Å². The molecule has 2 aromatic carbocycles. The van der Waals surface area contributed by atoms with Gasteiger partial charge in [-0.25, -0.2) is 4.79 Å². The lowest BCUT2D eigenvalue weighted by atomic mass is 10.1. The Kier molecular flexibility index (Phi) is 25.7. The normalized spacial score (nSPS) is 9.83. The standard InChI is InChI=1S/C14H18O4.C14H20O3.2C2H6.2CH4/c1-14(2,3)18-12(15)9-6-10-4-7-11(8-5-10)13(16)17;1-14(2,3)17-13(16)9-8-11-4-6-12(10-15)7-5-11;2*1-2;;/h4-5,7-8H,6,9H2,1-3H3,(H,16,17);4-7,15H,8-10H2,1-3H3;2*1-2H3;2*1H4. The number of carbonyl (C=O) groups is 3. The van der Waals surface area contributed by atoms with E-state index in [1.165, 1.54) is 12.1 Å². The molecule has 0 aromatic heterocycles. The number of aliphatic hydroxyl groups excluding tert-OH is 1. The third-order valence-corrected chi connectivity index (χ3v) is 4.48. The van der Waals surface area contributed by atoms with Crippen LogP contribution >= 0.6 is 0 Å². The molecule has 0 bridgehead atoms. The SMILES string of the molecule is C.C.CC.CC.CC(C)(C)OC(=O)CCc1ccc(C(=O)O)cc1.CC(C)(C)OC(=O)CCc1ccc(CO)cc1. The number of ether oxygens (including phenoxy) is 2. The largest absolute Gasteiger partial charge is 0.478 e. The van der Waals surface area contributed by atoms with Gasteiger partial charge in [-0.2, -0.15) is 0 Å². The first-order valence-corrected chi connectivity index (χ1v) is 13.6. The summed E-state index contributed by atoms with van der Waals surface area (Å²) >= 11 is 0. The summed E-state index contributed by atoms with van der Waals surface area (Å²) in [6.07, 6.45) is 1.90. The monoisotopic (exact) mass is 578 g/mol. The van der Waals surface area contributed by atoms with E-state index in [1.807, 2.05) is 93.5 Å². The molecule has 236 valence electrons. The summed E-state index contributed by atoms with van der Waals surface area (Å²) in [5.41, 5.74) is 2.24. The van der Waals surface area contributed by atoms with E-state index in [0.717, 1.165) is 16.7 Å². The van der Waals surface area contributed by atoms with Gasteiger partial charge in [0.25, 0.3) is 0 Å². The zero-order valence-corrected chi connectivity index (χ0v) is 25.6. The number of aryl methyl sites for hydroxylation is 2. The molecule has 2 N–H and O–H groups in total. The Morgan fingerprint density at radius 3 is 1.17 bits per heavy atom. The molecule has 2 aromatic rings. The van der Waals surface area contributed by atoms with Gasteiger partial charge in [-0.05, 0) is 83.2 Å². The number of aliphatic hydroxyl groups is 1. The van der Waals surface area contributed by atoms with Gasteiger partial charge in [0.15, 0.2) is 0 Å². The number of carboxylic acids is 1. The second-order valence-electron chi connectivity index (χ2n) is 10.1. The Bertz CT molecular complexity index is 949. The maximum absolute atomic E-state index is 11.5. The van der Waals surface area contributed by atoms with Crippen LogP contribution in [0.3, 0.4) is 0 Å². The van der Waals surface area contributed by atoms with Crippen molar-refractivity contribution in [2.24, 2.45) is 0 Å². The molecule has 7 nitrogen and oxygen atoms in total. The van der Waals surface area contributed by atoms with Crippen LogP contribution in [0.1, 0.15) is 124 Å². The predicted molar refractivity (Wildman–Crippen MR) is 170 cm³/mol. The van der Waals surface area contributed by atoms with Crippen molar-refractivity contribution in [1.82, 2.24) is 0 Å². The lowest BCUT2D eigenvalue weighted by molar-refractivity contribution is -0.155. The second-order valence-corrected chi connectivity index (χ2v) is 10.1. The number of carbonyl (C=O) groups excluding carboxylic acids is 2. The highest BCUT2D eigenvalue weighted by Crippen LogP contribution is 2.13. The summed E-state index contributed by atoms with van der Waals surface area (Å²) in [6.45, 7) is 19.1. The summed E-state index contributed by atoms with van der Waals surface area (Å²) in [4.78, 5) is 33.6. The fraction of sp³-hybridized carbons (Fsp3) is 0.559. The molecule has 0 atom stereocenters. The summed E-state index contributed by atoms with van der Waals surface area (Å²) in [7, 11) is 0. The Labute approximate surface area is 250 Å². The molecule has 0 heterocycles. The van der Waals surface area contributed by atoms with Gasteiger partial charge in [0.1, 0.15) is 11.2 Å². The van der Waals surface area contributed by atoms with E-state index in [-0.39, 0.29) is 39.0 Å². The first kappa shape index (κ1) is 44.8. The average molecular weight is 579 g/mol. The Balaban J connectivity index is -0.000000285. The van der Waals surface area contributed by atoms with E-state index in [9.17, 15) is 14.4 Å². The van der Waals surface area contributed by atoms with Crippen molar-refractivity contribution in [3.05, 3.63) is 70.8 Å². The van der Waals surface area contributed by atoms with E-state index < -0.39 is 17.2 Å². The number of hydrogen-bond acceptors (Lipinski definition) is 6. The highest BCUT2D eigenvalue weighted by molar-refractivity contribution is 5.87. The van der Waals surface area contributed by atoms with Crippen LogP contribution in [0.15, 0.2) is 48.5 Å². The van der Waals surface area contributed by atoms with Gasteiger partial charge >= 0.3 is 17.9 Å². The van der Waals surface area contributed by atoms with Gasteiger partial charge in [0, 0.05) is 12.8 Å². The predicted octanol–water partition coefficient (Wildman–Crippen LogP) is 8.44. The van der Waals surface area contributed by atoms with Crippen molar-refractivity contribution in [3.8, 4) is 0 Å². The molecule has 41 heavy (non-hydrogen) atoms. The number of aromatic carboxylic acids is 1. The van der Waals surface area contributed by atoms with Gasteiger partial charge < -0.3 is 19.7 Å².